The summed E-state index contributed by atoms with van der Waals surface area (Å²) in [4.78, 5) is 15.6. The first-order valence-corrected chi connectivity index (χ1v) is 8.00. The molecule has 0 spiro atoms. The van der Waals surface area contributed by atoms with Crippen molar-refractivity contribution in [2.75, 3.05) is 36.5 Å². The molecule has 1 N–H and O–H groups in total. The summed E-state index contributed by atoms with van der Waals surface area (Å²) in [6.45, 7) is 12.1. The molecule has 0 radical (unpaired) electrons. The fourth-order valence-electron chi connectivity index (χ4n) is 2.81. The third kappa shape index (κ3) is 4.44. The fraction of sp³-hybridized carbons (Fsp3) is 0.800. The first-order chi connectivity index (χ1) is 10.1. The summed E-state index contributed by atoms with van der Waals surface area (Å²) in [6, 6.07) is 0.420. The Morgan fingerprint density at radius 2 is 1.86 bits per heavy atom. The van der Waals surface area contributed by atoms with Gasteiger partial charge < -0.3 is 15.0 Å². The van der Waals surface area contributed by atoms with Crippen molar-refractivity contribution in [2.24, 2.45) is 11.8 Å². The molecule has 1 aliphatic rings. The van der Waals surface area contributed by atoms with E-state index in [0.29, 0.717) is 30.4 Å². The molecule has 2 atom stereocenters. The van der Waals surface area contributed by atoms with Gasteiger partial charge in [0.25, 0.3) is 0 Å². The van der Waals surface area contributed by atoms with Gasteiger partial charge in [-0.05, 0) is 31.6 Å². The fourth-order valence-corrected chi connectivity index (χ4v) is 2.81. The van der Waals surface area contributed by atoms with Crippen LogP contribution in [0.1, 0.15) is 40.5 Å². The van der Waals surface area contributed by atoms with E-state index in [1.807, 2.05) is 6.92 Å². The van der Waals surface area contributed by atoms with Crippen LogP contribution in [0, 0.1) is 11.8 Å². The molecule has 0 aliphatic carbocycles. The molecule has 1 aromatic rings. The number of aromatic nitrogens is 3. The highest BCUT2D eigenvalue weighted by molar-refractivity contribution is 5.39. The van der Waals surface area contributed by atoms with Gasteiger partial charge in [-0.25, -0.2) is 0 Å². The van der Waals surface area contributed by atoms with Crippen LogP contribution in [0.4, 0.5) is 11.9 Å². The Morgan fingerprint density at radius 1 is 1.14 bits per heavy atom. The van der Waals surface area contributed by atoms with Gasteiger partial charge in [0.15, 0.2) is 0 Å². The van der Waals surface area contributed by atoms with Crippen molar-refractivity contribution in [1.82, 2.24) is 15.0 Å². The lowest BCUT2D eigenvalue weighted by molar-refractivity contribution is 0.290. The summed E-state index contributed by atoms with van der Waals surface area (Å²) in [7, 11) is 0. The van der Waals surface area contributed by atoms with Gasteiger partial charge in [-0.2, -0.15) is 15.0 Å². The summed E-state index contributed by atoms with van der Waals surface area (Å²) in [5, 5.41) is 3.16. The van der Waals surface area contributed by atoms with Gasteiger partial charge in [-0.15, -0.1) is 0 Å². The van der Waals surface area contributed by atoms with Gasteiger partial charge in [0.2, 0.25) is 11.9 Å². The van der Waals surface area contributed by atoms with E-state index in [1.54, 1.807) is 0 Å². The van der Waals surface area contributed by atoms with E-state index < -0.39 is 0 Å². The largest absolute Gasteiger partial charge is 0.463 e. The summed E-state index contributed by atoms with van der Waals surface area (Å²) >= 11 is 0. The molecule has 1 aromatic heterocycles. The molecular weight excluding hydrogens is 266 g/mol. The monoisotopic (exact) mass is 293 g/mol. The zero-order chi connectivity index (χ0) is 15.2. The average Bonchev–Trinajstić information content (AvgIpc) is 2.44. The minimum Gasteiger partial charge on any atom is -0.463 e. The number of hydrogen-bond donors (Lipinski definition) is 1. The van der Waals surface area contributed by atoms with E-state index in [-0.39, 0.29) is 0 Å². The van der Waals surface area contributed by atoms with Crippen LogP contribution in [0.25, 0.3) is 0 Å². The minimum atomic E-state index is 0.420. The molecule has 2 unspecified atom stereocenters. The molecule has 2 heterocycles. The summed E-state index contributed by atoms with van der Waals surface area (Å²) in [6.07, 6.45) is 2.20. The Bertz CT molecular complexity index is 444. The van der Waals surface area contributed by atoms with Gasteiger partial charge in [-0.3, -0.25) is 0 Å². The van der Waals surface area contributed by atoms with E-state index in [1.165, 1.54) is 6.42 Å². The molecule has 1 fully saturated rings. The molecular formula is C15H27N5O. The molecule has 0 aromatic carbocycles. The maximum atomic E-state index is 5.60. The highest BCUT2D eigenvalue weighted by atomic mass is 16.5. The average molecular weight is 293 g/mol. The first-order valence-electron chi connectivity index (χ1n) is 8.00. The lowest BCUT2D eigenvalue weighted by Gasteiger charge is -2.35. The zero-order valence-electron chi connectivity index (χ0n) is 13.6. The minimum absolute atomic E-state index is 0.420. The van der Waals surface area contributed by atoms with E-state index in [2.05, 4.69) is 45.9 Å². The molecule has 1 saturated heterocycles. The summed E-state index contributed by atoms with van der Waals surface area (Å²) in [5.74, 6) is 2.64. The van der Waals surface area contributed by atoms with Gasteiger partial charge >= 0.3 is 6.01 Å². The standard InChI is InChI=1S/C15H27N5O/c1-5-7-21-15-18-13(16-6-2)17-14(19-15)20-9-11(3)8-12(4)10-20/h11-12H,5-10H2,1-4H3,(H,16,17,18,19). The summed E-state index contributed by atoms with van der Waals surface area (Å²) in [5.41, 5.74) is 0. The van der Waals surface area contributed by atoms with Crippen LogP contribution in [0.5, 0.6) is 6.01 Å². The van der Waals surface area contributed by atoms with Crippen LogP contribution in [-0.4, -0.2) is 41.2 Å². The van der Waals surface area contributed by atoms with Crippen molar-refractivity contribution >= 4 is 11.9 Å². The number of anilines is 2. The van der Waals surface area contributed by atoms with Gasteiger partial charge in [0.1, 0.15) is 0 Å². The molecule has 2 rings (SSSR count). The first kappa shape index (κ1) is 15.8. The zero-order valence-corrected chi connectivity index (χ0v) is 13.6. The third-order valence-corrected chi connectivity index (χ3v) is 3.52. The molecule has 1 aliphatic heterocycles. The van der Waals surface area contributed by atoms with Crippen LogP contribution in [0.3, 0.4) is 0 Å². The predicted octanol–water partition coefficient (Wildman–Crippen LogP) is 2.57. The van der Waals surface area contributed by atoms with Crippen molar-refractivity contribution < 1.29 is 4.74 Å². The maximum absolute atomic E-state index is 5.60. The molecule has 21 heavy (non-hydrogen) atoms. The molecule has 0 amide bonds. The number of rotatable bonds is 6. The number of piperidine rings is 1. The second kappa shape index (κ2) is 7.43. The van der Waals surface area contributed by atoms with Gasteiger partial charge in [-0.1, -0.05) is 20.8 Å². The van der Waals surface area contributed by atoms with E-state index in [4.69, 9.17) is 4.74 Å². The van der Waals surface area contributed by atoms with Crippen molar-refractivity contribution in [3.63, 3.8) is 0 Å². The second-order valence-electron chi connectivity index (χ2n) is 5.97. The molecule has 0 saturated carbocycles. The van der Waals surface area contributed by atoms with Gasteiger partial charge in [0.05, 0.1) is 6.61 Å². The van der Waals surface area contributed by atoms with Gasteiger partial charge in [0, 0.05) is 19.6 Å². The van der Waals surface area contributed by atoms with Crippen LogP contribution >= 0.6 is 0 Å². The number of nitrogens with zero attached hydrogens (tertiary/aromatic N) is 4. The van der Waals surface area contributed by atoms with E-state index in [9.17, 15) is 0 Å². The van der Waals surface area contributed by atoms with Crippen molar-refractivity contribution in [3.8, 4) is 6.01 Å². The number of nitrogens with one attached hydrogen (secondary N) is 1. The maximum Gasteiger partial charge on any atom is 0.323 e. The van der Waals surface area contributed by atoms with E-state index in [0.717, 1.165) is 32.0 Å². The number of hydrogen-bond acceptors (Lipinski definition) is 6. The highest BCUT2D eigenvalue weighted by Gasteiger charge is 2.24. The lowest BCUT2D eigenvalue weighted by Crippen LogP contribution is -2.39. The van der Waals surface area contributed by atoms with Crippen molar-refractivity contribution in [1.29, 1.82) is 0 Å². The second-order valence-corrected chi connectivity index (χ2v) is 5.97. The van der Waals surface area contributed by atoms with E-state index >= 15 is 0 Å². The molecule has 6 heteroatoms. The molecule has 118 valence electrons. The van der Waals surface area contributed by atoms with Crippen LogP contribution in [0.2, 0.25) is 0 Å². The normalized spacial score (nSPS) is 22.2. The predicted molar refractivity (Wildman–Crippen MR) is 84.9 cm³/mol. The Hall–Kier alpha value is -1.59. The lowest BCUT2D eigenvalue weighted by atomic mass is 9.92. The van der Waals surface area contributed by atoms with Crippen LogP contribution < -0.4 is 15.0 Å². The smallest absolute Gasteiger partial charge is 0.323 e. The highest BCUT2D eigenvalue weighted by Crippen LogP contribution is 2.25. The van der Waals surface area contributed by atoms with Crippen LogP contribution in [-0.2, 0) is 0 Å². The van der Waals surface area contributed by atoms with Crippen molar-refractivity contribution in [2.45, 2.75) is 40.5 Å². The number of ether oxygens (including phenoxy) is 1. The van der Waals surface area contributed by atoms with Crippen LogP contribution in [0.15, 0.2) is 0 Å². The topological polar surface area (TPSA) is 63.2 Å². The molecule has 0 bridgehead atoms. The Morgan fingerprint density at radius 3 is 2.48 bits per heavy atom. The summed E-state index contributed by atoms with van der Waals surface area (Å²) < 4.78 is 5.60. The third-order valence-electron chi connectivity index (χ3n) is 3.52. The van der Waals surface area contributed by atoms with Crippen molar-refractivity contribution in [3.05, 3.63) is 0 Å². The Kier molecular flexibility index (Phi) is 5.59. The molecule has 6 nitrogen and oxygen atoms in total. The SMILES string of the molecule is CCCOc1nc(NCC)nc(N2CC(C)CC(C)C2)n1. The Balaban J connectivity index is 2.21. The Labute approximate surface area is 127 Å². The quantitative estimate of drug-likeness (QED) is 0.869.